The summed E-state index contributed by atoms with van der Waals surface area (Å²) < 4.78 is 68.1. The van der Waals surface area contributed by atoms with Gasteiger partial charge in [-0.2, -0.15) is 13.2 Å². The molecule has 26 heavy (non-hydrogen) atoms. The first-order chi connectivity index (χ1) is 11.9. The highest BCUT2D eigenvalue weighted by molar-refractivity contribution is 7.92. The second kappa shape index (κ2) is 5.84. The second-order valence-electron chi connectivity index (χ2n) is 6.54. The van der Waals surface area contributed by atoms with E-state index >= 15 is 0 Å². The highest BCUT2D eigenvalue weighted by atomic mass is 32.2. The van der Waals surface area contributed by atoms with Crippen molar-refractivity contribution in [2.75, 3.05) is 0 Å². The number of nitrogens with zero attached hydrogens (tertiary/aromatic N) is 1. The maximum absolute atomic E-state index is 12.9. The number of fused-ring (bicyclic) bond motifs is 1. The number of halogens is 3. The zero-order valence-corrected chi connectivity index (χ0v) is 15.1. The lowest BCUT2D eigenvalue weighted by atomic mass is 9.91. The molecule has 2 aromatic rings. The van der Waals surface area contributed by atoms with Gasteiger partial charge in [0, 0.05) is 17.3 Å². The van der Waals surface area contributed by atoms with Gasteiger partial charge >= 0.3 is 5.51 Å². The largest absolute Gasteiger partial charge is 0.501 e. The molecular formula is C18H16F3NO3S. The van der Waals surface area contributed by atoms with Crippen molar-refractivity contribution < 1.29 is 26.3 Å². The smallest absolute Gasteiger partial charge is 0.483 e. The van der Waals surface area contributed by atoms with Crippen LogP contribution in [0.3, 0.4) is 0 Å². The van der Waals surface area contributed by atoms with E-state index in [-0.39, 0.29) is 5.56 Å². The summed E-state index contributed by atoms with van der Waals surface area (Å²) in [6.45, 7) is 5.42. The summed E-state index contributed by atoms with van der Waals surface area (Å²) >= 11 is 0. The van der Waals surface area contributed by atoms with Crippen molar-refractivity contribution in [3.63, 3.8) is 0 Å². The van der Waals surface area contributed by atoms with Gasteiger partial charge in [-0.05, 0) is 56.7 Å². The average Bonchev–Trinajstić information content (AvgIpc) is 2.52. The molecule has 0 unspecified atom stereocenters. The molecule has 0 fully saturated rings. The van der Waals surface area contributed by atoms with Crippen molar-refractivity contribution in [2.24, 2.45) is 0 Å². The van der Waals surface area contributed by atoms with Gasteiger partial charge in [-0.15, -0.1) is 0 Å². The maximum Gasteiger partial charge on any atom is 0.501 e. The average molecular weight is 383 g/mol. The number of pyridine rings is 1. The number of benzene rings is 1. The van der Waals surface area contributed by atoms with E-state index in [1.807, 2.05) is 13.0 Å². The molecule has 2 heterocycles. The molecule has 3 rings (SSSR count). The van der Waals surface area contributed by atoms with Gasteiger partial charge in [-0.25, -0.2) is 8.42 Å². The van der Waals surface area contributed by atoms with Crippen LogP contribution in [-0.2, 0) is 9.84 Å². The van der Waals surface area contributed by atoms with E-state index in [1.54, 1.807) is 32.2 Å². The molecule has 0 saturated carbocycles. The van der Waals surface area contributed by atoms with E-state index in [1.165, 1.54) is 6.07 Å². The molecule has 8 heteroatoms. The Balaban J connectivity index is 2.25. The number of aromatic nitrogens is 1. The van der Waals surface area contributed by atoms with E-state index in [0.29, 0.717) is 17.0 Å². The number of sulfone groups is 1. The zero-order chi connectivity index (χ0) is 19.3. The summed E-state index contributed by atoms with van der Waals surface area (Å²) in [5.41, 5.74) is -3.93. The minimum atomic E-state index is -5.46. The number of alkyl halides is 3. The first-order valence-corrected chi connectivity index (χ1v) is 9.20. The lowest BCUT2D eigenvalue weighted by Crippen LogP contribution is -2.30. The van der Waals surface area contributed by atoms with Gasteiger partial charge in [-0.1, -0.05) is 6.07 Å². The third-order valence-electron chi connectivity index (χ3n) is 3.99. The number of aryl methyl sites for hydroxylation is 1. The Labute approximate surface area is 149 Å². The van der Waals surface area contributed by atoms with E-state index < -0.39 is 25.8 Å². The molecule has 0 saturated heterocycles. The predicted octanol–water partition coefficient (Wildman–Crippen LogP) is 4.29. The van der Waals surface area contributed by atoms with E-state index in [4.69, 9.17) is 4.74 Å². The minimum Gasteiger partial charge on any atom is -0.483 e. The van der Waals surface area contributed by atoms with Gasteiger partial charge < -0.3 is 4.74 Å². The lowest BCUT2D eigenvalue weighted by Gasteiger charge is -2.31. The van der Waals surface area contributed by atoms with Crippen LogP contribution in [0.1, 0.15) is 30.7 Å². The first-order valence-electron chi connectivity index (χ1n) is 7.72. The molecule has 1 aliphatic rings. The molecule has 1 aromatic carbocycles. The van der Waals surface area contributed by atoms with E-state index in [0.717, 1.165) is 17.7 Å². The van der Waals surface area contributed by atoms with Crippen LogP contribution in [0.15, 0.2) is 47.5 Å². The van der Waals surface area contributed by atoms with Crippen molar-refractivity contribution in [3.05, 3.63) is 59.4 Å². The molecule has 4 nitrogen and oxygen atoms in total. The van der Waals surface area contributed by atoms with Crippen molar-refractivity contribution in [2.45, 2.75) is 36.8 Å². The third kappa shape index (κ3) is 3.09. The molecule has 0 N–H and O–H groups in total. The number of hydrogen-bond donors (Lipinski definition) is 0. The van der Waals surface area contributed by atoms with Crippen molar-refractivity contribution in [3.8, 4) is 5.75 Å². The molecule has 0 amide bonds. The Morgan fingerprint density at radius 1 is 1.15 bits per heavy atom. The summed E-state index contributed by atoms with van der Waals surface area (Å²) in [7, 11) is -5.46. The lowest BCUT2D eigenvalue weighted by molar-refractivity contribution is -0.0436. The summed E-state index contributed by atoms with van der Waals surface area (Å²) in [6.07, 6.45) is 3.30. The SMILES string of the molecule is Cc1cccnc1C1=CC(C)(C)Oc2ccc(S(=O)(=O)C(F)(F)F)cc21. The summed E-state index contributed by atoms with van der Waals surface area (Å²) in [5.74, 6) is 0.304. The number of ether oxygens (including phenoxy) is 1. The highest BCUT2D eigenvalue weighted by Gasteiger charge is 2.47. The van der Waals surface area contributed by atoms with Crippen LogP contribution in [0.4, 0.5) is 13.2 Å². The number of rotatable bonds is 2. The second-order valence-corrected chi connectivity index (χ2v) is 8.48. The van der Waals surface area contributed by atoms with Crippen LogP contribution in [0.5, 0.6) is 5.75 Å². The molecule has 0 atom stereocenters. The molecule has 138 valence electrons. The van der Waals surface area contributed by atoms with Crippen LogP contribution in [0.2, 0.25) is 0 Å². The van der Waals surface area contributed by atoms with Crippen LogP contribution < -0.4 is 4.74 Å². The minimum absolute atomic E-state index is 0.261. The Morgan fingerprint density at radius 3 is 2.46 bits per heavy atom. The molecule has 1 aromatic heterocycles. The van der Waals surface area contributed by atoms with Crippen molar-refractivity contribution in [1.29, 1.82) is 0 Å². The number of hydrogen-bond acceptors (Lipinski definition) is 4. The van der Waals surface area contributed by atoms with Gasteiger partial charge in [-0.3, -0.25) is 4.98 Å². The molecule has 0 bridgehead atoms. The van der Waals surface area contributed by atoms with Gasteiger partial charge in [0.1, 0.15) is 11.4 Å². The van der Waals surface area contributed by atoms with Gasteiger partial charge in [0.15, 0.2) is 0 Å². The van der Waals surface area contributed by atoms with Crippen LogP contribution >= 0.6 is 0 Å². The standard InChI is InChI=1S/C18H16F3NO3S/c1-11-5-4-8-22-16(11)14-10-17(2,3)25-15-7-6-12(9-13(14)15)26(23,24)18(19,20)21/h4-10H,1-3H3. The van der Waals surface area contributed by atoms with Gasteiger partial charge in [0.2, 0.25) is 0 Å². The first kappa shape index (κ1) is 18.4. The van der Waals surface area contributed by atoms with Gasteiger partial charge in [0.25, 0.3) is 9.84 Å². The zero-order valence-electron chi connectivity index (χ0n) is 14.3. The van der Waals surface area contributed by atoms with Gasteiger partial charge in [0.05, 0.1) is 10.6 Å². The normalized spacial score (nSPS) is 16.5. The summed E-state index contributed by atoms with van der Waals surface area (Å²) in [5, 5.41) is 0. The van der Waals surface area contributed by atoms with Crippen LogP contribution in [-0.4, -0.2) is 24.5 Å². The fraction of sp³-hybridized carbons (Fsp3) is 0.278. The van der Waals surface area contributed by atoms with E-state index in [2.05, 4.69) is 4.98 Å². The monoisotopic (exact) mass is 383 g/mol. The molecule has 0 aliphatic carbocycles. The topological polar surface area (TPSA) is 56.3 Å². The highest BCUT2D eigenvalue weighted by Crippen LogP contribution is 2.42. The Hall–Kier alpha value is -2.35. The Morgan fingerprint density at radius 2 is 1.85 bits per heavy atom. The van der Waals surface area contributed by atoms with Crippen molar-refractivity contribution in [1.82, 2.24) is 4.98 Å². The molecule has 0 spiro atoms. The summed E-state index contributed by atoms with van der Waals surface area (Å²) in [6, 6.07) is 6.72. The third-order valence-corrected chi connectivity index (χ3v) is 5.47. The quantitative estimate of drug-likeness (QED) is 0.777. The molecule has 1 aliphatic heterocycles. The maximum atomic E-state index is 12.9. The molecular weight excluding hydrogens is 367 g/mol. The molecule has 0 radical (unpaired) electrons. The van der Waals surface area contributed by atoms with Crippen LogP contribution in [0.25, 0.3) is 5.57 Å². The fourth-order valence-corrected chi connectivity index (χ4v) is 3.60. The van der Waals surface area contributed by atoms with Crippen LogP contribution in [0, 0.1) is 6.92 Å². The Kier molecular flexibility index (Phi) is 4.14. The fourth-order valence-electron chi connectivity index (χ4n) is 2.81. The van der Waals surface area contributed by atoms with Crippen molar-refractivity contribution >= 4 is 15.4 Å². The predicted molar refractivity (Wildman–Crippen MR) is 90.4 cm³/mol. The van der Waals surface area contributed by atoms with E-state index in [9.17, 15) is 21.6 Å². The Bertz CT molecular complexity index is 1010. The summed E-state index contributed by atoms with van der Waals surface area (Å²) in [4.78, 5) is 3.48.